The average Bonchev–Trinajstić information content (AvgIpc) is 3.48. The number of aromatic nitrogens is 2. The van der Waals surface area contributed by atoms with Crippen LogP contribution >= 0.6 is 0 Å². The monoisotopic (exact) mass is 629 g/mol. The number of anilines is 2. The number of hydrogen-bond acceptors (Lipinski definition) is 2. The van der Waals surface area contributed by atoms with E-state index in [-0.39, 0.29) is 5.41 Å². The van der Waals surface area contributed by atoms with Gasteiger partial charge in [-0.25, -0.2) is 0 Å². The lowest BCUT2D eigenvalue weighted by atomic mass is 9.74. The fourth-order valence-corrected chi connectivity index (χ4v) is 8.48. The fraction of sp³-hybridized carbons (Fsp3) is 0.109. The van der Waals surface area contributed by atoms with Gasteiger partial charge in [0, 0.05) is 51.6 Å². The molecule has 0 saturated carbocycles. The van der Waals surface area contributed by atoms with E-state index in [1.54, 1.807) is 0 Å². The summed E-state index contributed by atoms with van der Waals surface area (Å²) in [5.41, 5.74) is 17.0. The summed E-state index contributed by atoms with van der Waals surface area (Å²) in [5.74, 6) is 0. The van der Waals surface area contributed by atoms with Gasteiger partial charge in [-0.05, 0) is 88.2 Å². The van der Waals surface area contributed by atoms with Crippen molar-refractivity contribution in [3.05, 3.63) is 157 Å². The molecule has 0 unspecified atom stereocenters. The second kappa shape index (κ2) is 10.5. The molecule has 0 fully saturated rings. The predicted molar refractivity (Wildman–Crippen MR) is 205 cm³/mol. The molecule has 1 aliphatic carbocycles. The molecule has 0 spiro atoms. The molecule has 0 atom stereocenters. The molecule has 0 radical (unpaired) electrons. The minimum absolute atomic E-state index is 0.0124. The first kappa shape index (κ1) is 28.1. The average molecular weight is 630 g/mol. The Kier molecular flexibility index (Phi) is 6.05. The first-order valence-electron chi connectivity index (χ1n) is 17.3. The largest absolute Gasteiger partial charge is 0.341 e. The van der Waals surface area contributed by atoms with E-state index in [1.807, 2.05) is 6.20 Å². The van der Waals surface area contributed by atoms with Gasteiger partial charge < -0.3 is 9.47 Å². The maximum absolute atomic E-state index is 5.14. The zero-order valence-electron chi connectivity index (χ0n) is 27.7. The fourth-order valence-electron chi connectivity index (χ4n) is 8.48. The molecule has 0 N–H and O–H groups in total. The van der Waals surface area contributed by atoms with Crippen LogP contribution in [0.5, 0.6) is 0 Å². The van der Waals surface area contributed by atoms with Crippen molar-refractivity contribution in [3.63, 3.8) is 0 Å². The molecule has 0 amide bonds. The molecular formula is C46H35N3. The molecule has 3 heteroatoms. The number of fused-ring (bicyclic) bond motifs is 12. The van der Waals surface area contributed by atoms with Gasteiger partial charge in [-0.3, -0.25) is 4.98 Å². The predicted octanol–water partition coefficient (Wildman–Crippen LogP) is 12.0. The Bertz CT molecular complexity index is 2540. The minimum Gasteiger partial charge on any atom is -0.341 e. The summed E-state index contributed by atoms with van der Waals surface area (Å²) in [5, 5.41) is 2.53. The molecule has 0 bridgehead atoms. The molecule has 1 aliphatic heterocycles. The smallest absolute Gasteiger partial charge is 0.0786 e. The van der Waals surface area contributed by atoms with Crippen molar-refractivity contribution in [2.24, 2.45) is 0 Å². The standard InChI is InChI=1S/C46H35N3/c1-46(2)25-27-48(30-14-4-3-5-15-30)43-29-37-35-20-12-24-42(49-40-22-10-8-17-32(40)33-18-9-11-23-41(33)49)44(35)34-19-7-6-16-31(34)36-21-13-26-47-45(36)38(37)28-39(43)46/h3-24,26,28-29H,25,27H2,1-2H3. The summed E-state index contributed by atoms with van der Waals surface area (Å²) < 4.78 is 2.48. The van der Waals surface area contributed by atoms with Gasteiger partial charge in [0.2, 0.25) is 0 Å². The highest BCUT2D eigenvalue weighted by molar-refractivity contribution is 6.11. The second-order valence-corrected chi connectivity index (χ2v) is 14.1. The topological polar surface area (TPSA) is 21.1 Å². The number of rotatable bonds is 2. The molecule has 6 aromatic carbocycles. The summed E-state index contributed by atoms with van der Waals surface area (Å²) in [4.78, 5) is 7.66. The molecule has 234 valence electrons. The molecule has 2 aromatic heterocycles. The number of hydrogen-bond donors (Lipinski definition) is 0. The normalized spacial score (nSPS) is 14.3. The van der Waals surface area contributed by atoms with Gasteiger partial charge in [-0.2, -0.15) is 0 Å². The van der Waals surface area contributed by atoms with Crippen molar-refractivity contribution >= 4 is 33.2 Å². The second-order valence-electron chi connectivity index (χ2n) is 14.1. The van der Waals surface area contributed by atoms with Crippen LogP contribution in [0.25, 0.3) is 72.1 Å². The SMILES string of the molecule is CC1(C)CCN(c2ccccc2)c2cc3c(cc21)-c1ncccc1-c1ccccc1-c1c-3cccc1-n1c2ccccc2c2ccccc21. The Morgan fingerprint density at radius 1 is 0.531 bits per heavy atom. The minimum atomic E-state index is 0.0124. The zero-order chi connectivity index (χ0) is 32.7. The summed E-state index contributed by atoms with van der Waals surface area (Å²) in [6, 6.07) is 53.5. The summed E-state index contributed by atoms with van der Waals surface area (Å²) in [6.07, 6.45) is 3.02. The van der Waals surface area contributed by atoms with Crippen LogP contribution in [-0.2, 0) is 5.41 Å². The maximum atomic E-state index is 5.14. The number of pyridine rings is 1. The Labute approximate surface area is 286 Å². The summed E-state index contributed by atoms with van der Waals surface area (Å²) in [6.45, 7) is 5.76. The van der Waals surface area contributed by atoms with Crippen molar-refractivity contribution in [3.8, 4) is 50.3 Å². The van der Waals surface area contributed by atoms with Gasteiger partial charge in [0.05, 0.1) is 22.4 Å². The molecule has 10 rings (SSSR count). The Balaban J connectivity index is 1.36. The van der Waals surface area contributed by atoms with E-state index in [0.29, 0.717) is 0 Å². The van der Waals surface area contributed by atoms with E-state index in [1.165, 1.54) is 77.8 Å². The van der Waals surface area contributed by atoms with Crippen molar-refractivity contribution in [2.45, 2.75) is 25.7 Å². The molecule has 3 nitrogen and oxygen atoms in total. The third-order valence-corrected chi connectivity index (χ3v) is 10.9. The quantitative estimate of drug-likeness (QED) is 0.190. The summed E-state index contributed by atoms with van der Waals surface area (Å²) in [7, 11) is 0. The van der Waals surface area contributed by atoms with Crippen molar-refractivity contribution in [1.29, 1.82) is 0 Å². The third kappa shape index (κ3) is 4.12. The van der Waals surface area contributed by atoms with Gasteiger partial charge in [0.15, 0.2) is 0 Å². The highest BCUT2D eigenvalue weighted by Crippen LogP contribution is 2.53. The first-order valence-corrected chi connectivity index (χ1v) is 17.3. The van der Waals surface area contributed by atoms with Gasteiger partial charge in [0.25, 0.3) is 0 Å². The maximum Gasteiger partial charge on any atom is 0.0786 e. The highest BCUT2D eigenvalue weighted by Gasteiger charge is 2.35. The lowest BCUT2D eigenvalue weighted by Gasteiger charge is -2.41. The van der Waals surface area contributed by atoms with E-state index in [9.17, 15) is 0 Å². The van der Waals surface area contributed by atoms with Crippen LogP contribution in [0.15, 0.2) is 152 Å². The van der Waals surface area contributed by atoms with E-state index in [0.717, 1.165) is 24.2 Å². The lowest BCUT2D eigenvalue weighted by molar-refractivity contribution is 0.467. The van der Waals surface area contributed by atoms with Crippen LogP contribution in [0, 0.1) is 0 Å². The van der Waals surface area contributed by atoms with Crippen LogP contribution in [-0.4, -0.2) is 16.1 Å². The van der Waals surface area contributed by atoms with Gasteiger partial charge in [-0.1, -0.05) is 111 Å². The third-order valence-electron chi connectivity index (χ3n) is 10.9. The van der Waals surface area contributed by atoms with Crippen LogP contribution in [0.3, 0.4) is 0 Å². The van der Waals surface area contributed by atoms with Gasteiger partial charge in [-0.15, -0.1) is 0 Å². The Hall–Kier alpha value is -5.93. The first-order chi connectivity index (χ1) is 24.1. The highest BCUT2D eigenvalue weighted by atomic mass is 15.1. The molecule has 8 aromatic rings. The molecule has 3 heterocycles. The van der Waals surface area contributed by atoms with Crippen LogP contribution in [0.1, 0.15) is 25.8 Å². The Morgan fingerprint density at radius 2 is 1.18 bits per heavy atom. The lowest BCUT2D eigenvalue weighted by Crippen LogP contribution is -2.34. The molecule has 49 heavy (non-hydrogen) atoms. The zero-order valence-corrected chi connectivity index (χ0v) is 27.7. The van der Waals surface area contributed by atoms with E-state index in [2.05, 4.69) is 169 Å². The van der Waals surface area contributed by atoms with Gasteiger partial charge in [0.1, 0.15) is 0 Å². The number of benzene rings is 6. The summed E-state index contributed by atoms with van der Waals surface area (Å²) >= 11 is 0. The van der Waals surface area contributed by atoms with Gasteiger partial charge >= 0.3 is 0 Å². The van der Waals surface area contributed by atoms with E-state index < -0.39 is 0 Å². The molecule has 2 aliphatic rings. The van der Waals surface area contributed by atoms with Crippen LogP contribution in [0.2, 0.25) is 0 Å². The van der Waals surface area contributed by atoms with Crippen molar-refractivity contribution in [1.82, 2.24) is 9.55 Å². The molecular weight excluding hydrogens is 595 g/mol. The molecule has 0 saturated heterocycles. The van der Waals surface area contributed by atoms with Crippen LogP contribution < -0.4 is 4.90 Å². The van der Waals surface area contributed by atoms with E-state index in [4.69, 9.17) is 4.98 Å². The van der Waals surface area contributed by atoms with E-state index >= 15 is 0 Å². The number of nitrogens with zero attached hydrogens (tertiary/aromatic N) is 3. The van der Waals surface area contributed by atoms with Crippen molar-refractivity contribution < 1.29 is 0 Å². The van der Waals surface area contributed by atoms with Crippen LogP contribution in [0.4, 0.5) is 11.4 Å². The Morgan fingerprint density at radius 3 is 1.96 bits per heavy atom. The number of para-hydroxylation sites is 3. The van der Waals surface area contributed by atoms with Crippen molar-refractivity contribution in [2.75, 3.05) is 11.4 Å².